The van der Waals surface area contributed by atoms with Crippen LogP contribution in [-0.4, -0.2) is 36.1 Å². The number of hydrogen-bond donors (Lipinski definition) is 0. The molecular formula is C30H62BF4P2Rh+2. The molecule has 2 aliphatic rings. The van der Waals surface area contributed by atoms with Crippen molar-refractivity contribution in [3.05, 3.63) is 39.2 Å². The van der Waals surface area contributed by atoms with E-state index in [-0.39, 0.29) is 54.9 Å². The second-order valence-corrected chi connectivity index (χ2v) is 20.6. The van der Waals surface area contributed by atoms with Crippen LogP contribution < -0.4 is 4.70 Å². The minimum absolute atomic E-state index is 0. The van der Waals surface area contributed by atoms with E-state index < -0.39 is 7.54 Å². The Hall–Kier alpha value is 0.748. The fourth-order valence-corrected chi connectivity index (χ4v) is 17.5. The van der Waals surface area contributed by atoms with Gasteiger partial charge in [-0.05, 0) is 97.8 Å². The van der Waals surface area contributed by atoms with Crippen LogP contribution in [-0.2, 0) is 19.5 Å². The van der Waals surface area contributed by atoms with Crippen molar-refractivity contribution in [3.8, 4) is 0 Å². The van der Waals surface area contributed by atoms with E-state index in [1.54, 1.807) is 5.90 Å². The Morgan fingerprint density at radius 2 is 1.16 bits per heavy atom. The Kier molecular flexibility index (Phi) is 31.1. The average molecular weight is 674 g/mol. The summed E-state index contributed by atoms with van der Waals surface area (Å²) < 4.78 is 29.0. The van der Waals surface area contributed by atoms with Crippen molar-refractivity contribution < 1.29 is 37.1 Å². The minimum Gasteiger partial charge on any atom is -1.00 e. The molecule has 0 amide bonds. The molecule has 4 atom stereocenters. The van der Waals surface area contributed by atoms with Crippen molar-refractivity contribution in [2.45, 2.75) is 123 Å². The maximum atomic E-state index is 9.67. The largest absolute Gasteiger partial charge is 3.00 e. The van der Waals surface area contributed by atoms with Gasteiger partial charge in [0, 0.05) is 15.8 Å². The molecule has 0 nitrogen and oxygen atoms in total. The predicted octanol–water partition coefficient (Wildman–Crippen LogP) is 8.51. The van der Waals surface area contributed by atoms with E-state index in [1.807, 2.05) is 0 Å². The SMILES string of the molecule is C1=CCC/C=C\CC1.CC(C)[C@@H]1CC[C@@H](C)C[C@H]1[PH+](C)C[PH+](C(C)(C)C)C(C)(C)C.FB(F)F.[CH3-].[CH3-].[F-].[Rh+3]. The molecule has 0 bridgehead atoms. The van der Waals surface area contributed by atoms with Crippen LogP contribution >= 0.6 is 15.8 Å². The fourth-order valence-electron chi connectivity index (χ4n) is 5.69. The summed E-state index contributed by atoms with van der Waals surface area (Å²) in [7, 11) is -4.24. The van der Waals surface area contributed by atoms with Gasteiger partial charge in [-0.25, -0.2) is 0 Å². The van der Waals surface area contributed by atoms with Crippen LogP contribution in [0.25, 0.3) is 0 Å². The van der Waals surface area contributed by atoms with Gasteiger partial charge < -0.3 is 19.6 Å². The van der Waals surface area contributed by atoms with Gasteiger partial charge in [-0.3, -0.25) is 12.9 Å². The zero-order chi connectivity index (χ0) is 26.5. The molecule has 0 aromatic carbocycles. The van der Waals surface area contributed by atoms with E-state index in [4.69, 9.17) is 0 Å². The van der Waals surface area contributed by atoms with E-state index >= 15 is 0 Å². The van der Waals surface area contributed by atoms with E-state index in [9.17, 15) is 12.9 Å². The molecule has 0 aromatic heterocycles. The molecule has 0 N–H and O–H groups in total. The summed E-state index contributed by atoms with van der Waals surface area (Å²) in [6, 6.07) is 0. The van der Waals surface area contributed by atoms with Crippen LogP contribution in [0, 0.1) is 32.6 Å². The van der Waals surface area contributed by atoms with Crippen LogP contribution in [0.2, 0.25) is 0 Å². The Balaban J connectivity index is -0.000000190. The van der Waals surface area contributed by atoms with Gasteiger partial charge in [0.2, 0.25) is 0 Å². The summed E-state index contributed by atoms with van der Waals surface area (Å²) in [5.74, 6) is 4.47. The predicted molar refractivity (Wildman–Crippen MR) is 171 cm³/mol. The first-order valence-corrected chi connectivity index (χ1v) is 17.5. The molecule has 38 heavy (non-hydrogen) atoms. The van der Waals surface area contributed by atoms with Gasteiger partial charge >= 0.3 is 27.0 Å². The molecule has 0 heterocycles. The van der Waals surface area contributed by atoms with Gasteiger partial charge in [-0.1, -0.05) is 51.5 Å². The van der Waals surface area contributed by atoms with Gasteiger partial charge in [0.25, 0.3) is 0 Å². The van der Waals surface area contributed by atoms with Crippen LogP contribution in [0.15, 0.2) is 24.3 Å². The van der Waals surface area contributed by atoms with Crippen molar-refractivity contribution in [1.82, 2.24) is 0 Å². The van der Waals surface area contributed by atoms with Crippen LogP contribution in [0.4, 0.5) is 12.9 Å². The molecular weight excluding hydrogens is 612 g/mol. The van der Waals surface area contributed by atoms with E-state index in [0.29, 0.717) is 10.3 Å². The second kappa shape index (κ2) is 24.4. The molecule has 1 unspecified atom stereocenters. The Morgan fingerprint density at radius 1 is 0.816 bits per heavy atom. The Morgan fingerprint density at radius 3 is 1.45 bits per heavy atom. The minimum atomic E-state index is -3.67. The van der Waals surface area contributed by atoms with E-state index in [1.165, 1.54) is 44.9 Å². The summed E-state index contributed by atoms with van der Waals surface area (Å²) in [5, 5.41) is 1.06. The first-order valence-electron chi connectivity index (χ1n) is 13.5. The number of allylic oxidation sites excluding steroid dienone is 4. The molecule has 8 heteroatoms. The molecule has 2 rings (SSSR count). The third kappa shape index (κ3) is 22.4. The summed E-state index contributed by atoms with van der Waals surface area (Å²) in [4.78, 5) is 0. The van der Waals surface area contributed by atoms with Gasteiger partial charge in [0.1, 0.15) is 0 Å². The molecule has 0 aromatic rings. The quantitative estimate of drug-likeness (QED) is 0.0923. The third-order valence-corrected chi connectivity index (χ3v) is 16.5. The van der Waals surface area contributed by atoms with Crippen LogP contribution in [0.3, 0.4) is 0 Å². The van der Waals surface area contributed by atoms with Gasteiger partial charge in [0.05, 0.1) is 22.6 Å². The summed E-state index contributed by atoms with van der Waals surface area (Å²) in [6.45, 7) is 25.2. The molecule has 230 valence electrons. The summed E-state index contributed by atoms with van der Waals surface area (Å²) in [5.41, 5.74) is 1.07. The van der Waals surface area contributed by atoms with E-state index in [0.717, 1.165) is 23.4 Å². The smallest absolute Gasteiger partial charge is 1.00 e. The van der Waals surface area contributed by atoms with Crippen molar-refractivity contribution >= 4 is 23.4 Å². The van der Waals surface area contributed by atoms with Crippen molar-refractivity contribution in [2.24, 2.45) is 17.8 Å². The number of halogens is 4. The third-order valence-electron chi connectivity index (χ3n) is 7.25. The van der Waals surface area contributed by atoms with Crippen molar-refractivity contribution in [3.63, 3.8) is 0 Å². The van der Waals surface area contributed by atoms with Gasteiger partial charge in [0.15, 0.2) is 5.90 Å². The van der Waals surface area contributed by atoms with Crippen LogP contribution in [0.5, 0.6) is 0 Å². The molecule has 0 radical (unpaired) electrons. The maximum Gasteiger partial charge on any atom is 3.00 e. The molecule has 0 spiro atoms. The standard InChI is InChI=1S/C20H42P2.C8H12.2CH3.BF3.FH.Rh/c1-15(2)17-12-11-16(3)13-18(17)21(10)14-22(19(4,5)6)20(7,8)9;1-2-4-6-8-7-5-3-1;;;2-1(3)4;;/h15-18H,11-14H2,1-10H3;1-2,7-8H,3-6H2;2*1H3;;1H;/q;;2*-1;;;+3/p+1/b;2-1-,8-7?;;;;;/t16-,17+,18-,21?;;;;;;/m1....../s1. The van der Waals surface area contributed by atoms with Gasteiger partial charge in [-0.2, -0.15) is 0 Å². The second-order valence-electron chi connectivity index (χ2n) is 12.8. The zero-order valence-corrected chi connectivity index (χ0v) is 30.3. The van der Waals surface area contributed by atoms with Crippen molar-refractivity contribution in [1.29, 1.82) is 0 Å². The monoisotopic (exact) mass is 674 g/mol. The molecule has 1 saturated carbocycles. The fraction of sp³-hybridized carbons (Fsp3) is 0.800. The maximum absolute atomic E-state index is 9.67. The molecule has 1 fully saturated rings. The topological polar surface area (TPSA) is 0 Å². The normalized spacial score (nSPS) is 22.7. The first kappa shape index (κ1) is 48.5. The first-order chi connectivity index (χ1) is 15.6. The van der Waals surface area contributed by atoms with Gasteiger partial charge in [-0.15, -0.1) is 0 Å². The van der Waals surface area contributed by atoms with Crippen molar-refractivity contribution in [2.75, 3.05) is 12.6 Å². The summed E-state index contributed by atoms with van der Waals surface area (Å²) in [6.07, 6.45) is 18.5. The number of hydrogen-bond acceptors (Lipinski definition) is 0. The Bertz CT molecular complexity index is 547. The summed E-state index contributed by atoms with van der Waals surface area (Å²) >= 11 is 0. The zero-order valence-electron chi connectivity index (χ0n) is 26.7. The molecule has 0 saturated heterocycles. The Labute approximate surface area is 252 Å². The molecule has 2 aliphatic carbocycles. The molecule has 0 aliphatic heterocycles. The average Bonchev–Trinajstić information content (AvgIpc) is 2.63. The van der Waals surface area contributed by atoms with E-state index in [2.05, 4.69) is 93.3 Å². The van der Waals surface area contributed by atoms with Crippen LogP contribution in [0.1, 0.15) is 107 Å². The number of rotatable bonds is 4.